The maximum Gasteiger partial charge on any atom is 0.233 e. The van der Waals surface area contributed by atoms with Gasteiger partial charge in [0.05, 0.1) is 19.0 Å². The van der Waals surface area contributed by atoms with Crippen molar-refractivity contribution in [3.05, 3.63) is 42.6 Å². The van der Waals surface area contributed by atoms with Gasteiger partial charge in [0.2, 0.25) is 5.88 Å². The molecule has 2 N–H and O–H groups in total. The molecule has 1 saturated heterocycles. The maximum atomic E-state index is 10.6. The van der Waals surface area contributed by atoms with Gasteiger partial charge in [-0.05, 0) is 56.0 Å². The van der Waals surface area contributed by atoms with Crippen LogP contribution < -0.4 is 15.0 Å². The molecule has 1 atom stereocenters. The van der Waals surface area contributed by atoms with Crippen molar-refractivity contribution in [2.75, 3.05) is 25.1 Å². The molecule has 8 heteroatoms. The van der Waals surface area contributed by atoms with Crippen LogP contribution in [0.25, 0.3) is 22.4 Å². The summed E-state index contributed by atoms with van der Waals surface area (Å²) in [5, 5.41) is 31.1. The lowest BCUT2D eigenvalue weighted by Crippen LogP contribution is -2.52. The number of aromatic nitrogens is 4. The van der Waals surface area contributed by atoms with Gasteiger partial charge < -0.3 is 20.1 Å². The molecule has 0 radical (unpaired) electrons. The van der Waals surface area contributed by atoms with E-state index in [1.165, 1.54) is 19.3 Å². The molecule has 2 aliphatic rings. The second kappa shape index (κ2) is 8.35. The molecule has 1 saturated carbocycles. The summed E-state index contributed by atoms with van der Waals surface area (Å²) in [6.45, 7) is 4.20. The maximum absolute atomic E-state index is 10.6. The van der Waals surface area contributed by atoms with E-state index in [9.17, 15) is 5.11 Å². The first-order chi connectivity index (χ1) is 15.5. The molecule has 0 spiro atoms. The van der Waals surface area contributed by atoms with Crippen molar-refractivity contribution < 1.29 is 9.84 Å². The minimum absolute atomic E-state index is 0.129. The van der Waals surface area contributed by atoms with Crippen molar-refractivity contribution >= 4 is 5.82 Å². The van der Waals surface area contributed by atoms with Crippen LogP contribution >= 0.6 is 0 Å². The number of aromatic hydroxyl groups is 1. The van der Waals surface area contributed by atoms with E-state index in [2.05, 4.69) is 37.5 Å². The second-order valence-electron chi connectivity index (χ2n) is 9.00. The summed E-state index contributed by atoms with van der Waals surface area (Å²) in [7, 11) is 1.55. The van der Waals surface area contributed by atoms with Crippen LogP contribution in [0.5, 0.6) is 11.6 Å². The quantitative estimate of drug-likeness (QED) is 0.612. The van der Waals surface area contributed by atoms with Crippen LogP contribution in [-0.2, 0) is 0 Å². The Bertz CT molecular complexity index is 1100. The summed E-state index contributed by atoms with van der Waals surface area (Å²) in [5.41, 5.74) is 3.04. The number of nitrogens with zero attached hydrogens (tertiary/aromatic N) is 5. The number of phenolic OH excluding ortho intramolecular Hbond substituents is 1. The molecule has 1 aliphatic heterocycles. The van der Waals surface area contributed by atoms with Crippen LogP contribution in [0.1, 0.15) is 32.6 Å². The van der Waals surface area contributed by atoms with Gasteiger partial charge in [-0.1, -0.05) is 12.5 Å². The van der Waals surface area contributed by atoms with E-state index in [0.717, 1.165) is 36.5 Å². The topological polar surface area (TPSA) is 96.3 Å². The van der Waals surface area contributed by atoms with E-state index in [-0.39, 0.29) is 11.3 Å². The summed E-state index contributed by atoms with van der Waals surface area (Å²) in [6, 6.07) is 11.8. The second-order valence-corrected chi connectivity index (χ2v) is 9.00. The van der Waals surface area contributed by atoms with E-state index in [1.54, 1.807) is 25.4 Å². The molecule has 166 valence electrons. The van der Waals surface area contributed by atoms with E-state index < -0.39 is 0 Å². The van der Waals surface area contributed by atoms with Crippen molar-refractivity contribution in [2.24, 2.45) is 0 Å². The van der Waals surface area contributed by atoms with Crippen LogP contribution in [0, 0.1) is 0 Å². The average Bonchev–Trinajstić information content (AvgIpc) is 3.19. The van der Waals surface area contributed by atoms with Gasteiger partial charge in [-0.2, -0.15) is 5.10 Å². The first kappa shape index (κ1) is 20.6. The Kier molecular flexibility index (Phi) is 5.38. The molecule has 1 aliphatic carbocycles. The van der Waals surface area contributed by atoms with Gasteiger partial charge in [0.15, 0.2) is 5.82 Å². The zero-order chi connectivity index (χ0) is 22.1. The van der Waals surface area contributed by atoms with Crippen molar-refractivity contribution in [1.82, 2.24) is 25.7 Å². The Morgan fingerprint density at radius 2 is 1.97 bits per heavy atom. The largest absolute Gasteiger partial charge is 0.507 e. The Labute approximate surface area is 187 Å². The van der Waals surface area contributed by atoms with Crippen LogP contribution in [-0.4, -0.2) is 57.3 Å². The molecular weight excluding hydrogens is 404 g/mol. The highest BCUT2D eigenvalue weighted by atomic mass is 16.5. The number of anilines is 1. The summed E-state index contributed by atoms with van der Waals surface area (Å²) in [4.78, 5) is 2.29. The summed E-state index contributed by atoms with van der Waals surface area (Å²) in [5.74, 6) is 1.44. The number of hydrogen-bond acceptors (Lipinski definition) is 8. The number of rotatable bonds is 6. The van der Waals surface area contributed by atoms with Gasteiger partial charge in [0.1, 0.15) is 5.75 Å². The highest BCUT2D eigenvalue weighted by molar-refractivity contribution is 5.74. The molecular formula is C24H28N6O2. The molecule has 5 rings (SSSR count). The third-order valence-electron chi connectivity index (χ3n) is 6.55. The predicted molar refractivity (Wildman–Crippen MR) is 123 cm³/mol. The minimum Gasteiger partial charge on any atom is -0.507 e. The molecule has 3 heterocycles. The van der Waals surface area contributed by atoms with E-state index in [0.29, 0.717) is 23.2 Å². The molecule has 0 amide bonds. The summed E-state index contributed by atoms with van der Waals surface area (Å²) >= 11 is 0. The lowest BCUT2D eigenvalue weighted by Gasteiger charge is -2.36. The van der Waals surface area contributed by atoms with Crippen molar-refractivity contribution in [1.29, 1.82) is 0 Å². The fourth-order valence-electron chi connectivity index (χ4n) is 4.49. The van der Waals surface area contributed by atoms with Crippen LogP contribution in [0.4, 0.5) is 5.82 Å². The fourth-order valence-corrected chi connectivity index (χ4v) is 4.49. The minimum atomic E-state index is 0.129. The van der Waals surface area contributed by atoms with Gasteiger partial charge in [-0.3, -0.25) is 0 Å². The van der Waals surface area contributed by atoms with Crippen molar-refractivity contribution in [3.8, 4) is 34.0 Å². The van der Waals surface area contributed by atoms with Gasteiger partial charge in [0, 0.05) is 41.9 Å². The van der Waals surface area contributed by atoms with Crippen LogP contribution in [0.3, 0.4) is 0 Å². The first-order valence-electron chi connectivity index (χ1n) is 11.1. The Hall–Kier alpha value is -3.26. The lowest BCUT2D eigenvalue weighted by molar-refractivity contribution is 0.253. The molecule has 32 heavy (non-hydrogen) atoms. The monoisotopic (exact) mass is 432 g/mol. The number of benzene rings is 1. The van der Waals surface area contributed by atoms with E-state index in [1.807, 2.05) is 24.3 Å². The molecule has 2 fully saturated rings. The average molecular weight is 433 g/mol. The summed E-state index contributed by atoms with van der Waals surface area (Å²) in [6.07, 6.45) is 6.65. The van der Waals surface area contributed by atoms with Gasteiger partial charge >= 0.3 is 0 Å². The molecule has 8 nitrogen and oxygen atoms in total. The molecule has 1 aromatic carbocycles. The molecule has 3 aromatic rings. The normalized spacial score (nSPS) is 20.9. The zero-order valence-electron chi connectivity index (χ0n) is 18.5. The van der Waals surface area contributed by atoms with Crippen molar-refractivity contribution in [3.63, 3.8) is 0 Å². The molecule has 0 bridgehead atoms. The SMILES string of the molecule is COc1cc(-c2ccc(-c3ccc(N4CCC(C)(NC5CCC5)C4)nn3)c(O)c2)cnn1. The highest BCUT2D eigenvalue weighted by Gasteiger charge is 2.37. The van der Waals surface area contributed by atoms with E-state index in [4.69, 9.17) is 4.74 Å². The summed E-state index contributed by atoms with van der Waals surface area (Å²) < 4.78 is 5.13. The molecule has 1 unspecified atom stereocenters. The smallest absolute Gasteiger partial charge is 0.233 e. The van der Waals surface area contributed by atoms with Gasteiger partial charge in [0.25, 0.3) is 0 Å². The number of phenols is 1. The van der Waals surface area contributed by atoms with Crippen LogP contribution in [0.15, 0.2) is 42.6 Å². The lowest BCUT2D eigenvalue weighted by atomic mass is 9.89. The van der Waals surface area contributed by atoms with Gasteiger partial charge in [-0.25, -0.2) is 0 Å². The zero-order valence-corrected chi connectivity index (χ0v) is 18.5. The number of hydrogen-bond donors (Lipinski definition) is 2. The standard InChI is InChI=1S/C24H28N6O2/c1-24(26-18-4-3-5-18)10-11-30(15-24)22-9-8-20(27-28-22)19-7-6-16(12-21(19)31)17-13-23(32-2)29-25-14-17/h6-9,12-14,18,26,31H,3-5,10-11,15H2,1-2H3. The molecule has 2 aromatic heterocycles. The van der Waals surface area contributed by atoms with Crippen LogP contribution in [0.2, 0.25) is 0 Å². The van der Waals surface area contributed by atoms with Crippen molar-refractivity contribution in [2.45, 2.75) is 44.2 Å². The first-order valence-corrected chi connectivity index (χ1v) is 11.1. The third kappa shape index (κ3) is 4.10. The fraction of sp³-hybridized carbons (Fsp3) is 0.417. The predicted octanol–water partition coefficient (Wildman–Crippen LogP) is 3.43. The highest BCUT2D eigenvalue weighted by Crippen LogP contribution is 2.34. The number of ether oxygens (including phenoxy) is 1. The number of methoxy groups -OCH3 is 1. The Morgan fingerprint density at radius 3 is 2.66 bits per heavy atom. The third-order valence-corrected chi connectivity index (χ3v) is 6.55. The Balaban J connectivity index is 1.30. The van der Waals surface area contributed by atoms with Gasteiger partial charge in [-0.15, -0.1) is 15.3 Å². The van der Waals surface area contributed by atoms with E-state index >= 15 is 0 Å². The Morgan fingerprint density at radius 1 is 1.09 bits per heavy atom. The number of nitrogens with one attached hydrogen (secondary N) is 1.